The number of carbonyl (C=O) groups excluding carboxylic acids is 4. The maximum atomic E-state index is 14.4. The van der Waals surface area contributed by atoms with E-state index in [-0.39, 0.29) is 25.5 Å². The van der Waals surface area contributed by atoms with Crippen molar-refractivity contribution < 1.29 is 28.7 Å². The molecular formula is C32H49N3O6. The number of nitrogens with zero attached hydrogens (tertiary/aromatic N) is 1. The minimum absolute atomic E-state index is 0.0191. The Balaban J connectivity index is 3.63. The Morgan fingerprint density at radius 2 is 1.66 bits per heavy atom. The third-order valence-electron chi connectivity index (χ3n) is 6.37. The molecule has 0 spiro atoms. The maximum Gasteiger partial charge on any atom is 0.408 e. The number of rotatable bonds is 14. The Labute approximate surface area is 246 Å². The van der Waals surface area contributed by atoms with Crippen LogP contribution >= 0.6 is 0 Å². The van der Waals surface area contributed by atoms with Crippen molar-refractivity contribution in [3.8, 4) is 12.3 Å². The number of esters is 1. The largest absolute Gasteiger partial charge is 0.466 e. The molecule has 0 heterocycles. The van der Waals surface area contributed by atoms with Crippen molar-refractivity contribution in [2.45, 2.75) is 105 Å². The summed E-state index contributed by atoms with van der Waals surface area (Å²) >= 11 is 0. The molecule has 0 bridgehead atoms. The molecule has 0 saturated carbocycles. The monoisotopic (exact) mass is 571 g/mol. The van der Waals surface area contributed by atoms with Gasteiger partial charge in [0.1, 0.15) is 17.7 Å². The highest BCUT2D eigenvalue weighted by atomic mass is 16.6. The minimum Gasteiger partial charge on any atom is -0.466 e. The van der Waals surface area contributed by atoms with Crippen LogP contribution in [0, 0.1) is 24.2 Å². The summed E-state index contributed by atoms with van der Waals surface area (Å²) in [6.07, 6.45) is 6.51. The quantitative estimate of drug-likeness (QED) is 0.241. The number of hydrogen-bond donors (Lipinski definition) is 2. The van der Waals surface area contributed by atoms with Gasteiger partial charge >= 0.3 is 12.1 Å². The van der Waals surface area contributed by atoms with E-state index in [1.807, 2.05) is 20.8 Å². The first kappa shape index (κ1) is 35.5. The molecule has 3 unspecified atom stereocenters. The lowest BCUT2D eigenvalue weighted by Gasteiger charge is -2.40. The van der Waals surface area contributed by atoms with E-state index in [2.05, 4.69) is 30.4 Å². The molecule has 41 heavy (non-hydrogen) atoms. The van der Waals surface area contributed by atoms with Crippen LogP contribution in [0.3, 0.4) is 0 Å². The Hall–Kier alpha value is -3.54. The summed E-state index contributed by atoms with van der Waals surface area (Å²) in [4.78, 5) is 54.5. The maximum absolute atomic E-state index is 14.4. The summed E-state index contributed by atoms with van der Waals surface area (Å²) in [5, 5.41) is 5.54. The van der Waals surface area contributed by atoms with Gasteiger partial charge in [0, 0.05) is 18.2 Å². The smallest absolute Gasteiger partial charge is 0.408 e. The molecule has 3 amide bonds. The lowest BCUT2D eigenvalue weighted by atomic mass is 9.93. The van der Waals surface area contributed by atoms with Crippen LogP contribution in [0.25, 0.3) is 0 Å². The average molecular weight is 572 g/mol. The zero-order valence-electron chi connectivity index (χ0n) is 26.2. The van der Waals surface area contributed by atoms with Gasteiger partial charge in [-0.15, -0.1) is 6.42 Å². The molecular weight excluding hydrogens is 522 g/mol. The van der Waals surface area contributed by atoms with Gasteiger partial charge in [-0.2, -0.15) is 0 Å². The van der Waals surface area contributed by atoms with Gasteiger partial charge < -0.3 is 25.0 Å². The molecule has 3 atom stereocenters. The Kier molecular flexibility index (Phi) is 14.4. The molecule has 0 saturated heterocycles. The van der Waals surface area contributed by atoms with E-state index in [1.165, 1.54) is 4.90 Å². The number of amides is 3. The van der Waals surface area contributed by atoms with Crippen molar-refractivity contribution in [1.82, 2.24) is 15.5 Å². The van der Waals surface area contributed by atoms with Crippen LogP contribution in [-0.4, -0.2) is 59.6 Å². The second-order valence-electron chi connectivity index (χ2n) is 11.9. The van der Waals surface area contributed by atoms with Crippen LogP contribution in [0.1, 0.15) is 98.7 Å². The number of ether oxygens (including phenoxy) is 2. The number of terminal acetylenes is 1. The summed E-state index contributed by atoms with van der Waals surface area (Å²) in [7, 11) is 0. The van der Waals surface area contributed by atoms with E-state index in [1.54, 1.807) is 52.0 Å². The van der Waals surface area contributed by atoms with E-state index in [0.717, 1.165) is 6.42 Å². The molecule has 9 nitrogen and oxygen atoms in total. The Morgan fingerprint density at radius 3 is 2.20 bits per heavy atom. The summed E-state index contributed by atoms with van der Waals surface area (Å²) in [5.41, 5.74) is 0.188. The molecule has 0 aliphatic carbocycles. The Bertz CT molecular complexity index is 1070. The van der Waals surface area contributed by atoms with Gasteiger partial charge in [-0.05, 0) is 70.9 Å². The highest BCUT2D eigenvalue weighted by Gasteiger charge is 2.40. The third kappa shape index (κ3) is 11.8. The predicted molar refractivity (Wildman–Crippen MR) is 160 cm³/mol. The molecule has 0 aliphatic rings. The highest BCUT2D eigenvalue weighted by molar-refractivity contribution is 5.93. The highest BCUT2D eigenvalue weighted by Crippen LogP contribution is 2.30. The summed E-state index contributed by atoms with van der Waals surface area (Å²) in [6.45, 7) is 16.9. The van der Waals surface area contributed by atoms with Crippen LogP contribution in [0.4, 0.5) is 4.79 Å². The fourth-order valence-corrected chi connectivity index (χ4v) is 4.32. The Morgan fingerprint density at radius 1 is 1.02 bits per heavy atom. The number of nitrogens with one attached hydrogen (secondary N) is 2. The van der Waals surface area contributed by atoms with Gasteiger partial charge in [-0.1, -0.05) is 51.8 Å². The third-order valence-corrected chi connectivity index (χ3v) is 6.37. The minimum atomic E-state index is -1.11. The van der Waals surface area contributed by atoms with Crippen LogP contribution in [0.5, 0.6) is 0 Å². The van der Waals surface area contributed by atoms with Crippen LogP contribution in [0.15, 0.2) is 24.3 Å². The number of carbonyl (C=O) groups is 4. The summed E-state index contributed by atoms with van der Waals surface area (Å²) in [6, 6.07) is 4.50. The van der Waals surface area contributed by atoms with Gasteiger partial charge in [0.2, 0.25) is 11.8 Å². The molecule has 0 fully saturated rings. The second-order valence-corrected chi connectivity index (χ2v) is 11.9. The molecule has 0 aromatic heterocycles. The van der Waals surface area contributed by atoms with Gasteiger partial charge in [0.05, 0.1) is 13.0 Å². The van der Waals surface area contributed by atoms with Crippen molar-refractivity contribution in [1.29, 1.82) is 0 Å². The molecule has 1 rings (SSSR count). The topological polar surface area (TPSA) is 114 Å². The van der Waals surface area contributed by atoms with Crippen molar-refractivity contribution in [2.75, 3.05) is 13.2 Å². The van der Waals surface area contributed by atoms with E-state index in [0.29, 0.717) is 23.5 Å². The van der Waals surface area contributed by atoms with E-state index in [9.17, 15) is 19.2 Å². The van der Waals surface area contributed by atoms with Gasteiger partial charge in [-0.3, -0.25) is 14.4 Å². The molecule has 228 valence electrons. The van der Waals surface area contributed by atoms with Gasteiger partial charge in [-0.25, -0.2) is 4.79 Å². The van der Waals surface area contributed by atoms with Gasteiger partial charge in [0.15, 0.2) is 0 Å². The first-order valence-corrected chi connectivity index (χ1v) is 14.4. The van der Waals surface area contributed by atoms with E-state index < -0.39 is 47.6 Å². The van der Waals surface area contributed by atoms with Crippen LogP contribution in [-0.2, 0) is 23.9 Å². The fourth-order valence-electron chi connectivity index (χ4n) is 4.32. The lowest BCUT2D eigenvalue weighted by Crippen LogP contribution is -2.57. The van der Waals surface area contributed by atoms with Gasteiger partial charge in [0.25, 0.3) is 0 Å². The average Bonchev–Trinajstić information content (AvgIpc) is 2.87. The number of benzene rings is 1. The molecule has 2 N–H and O–H groups in total. The van der Waals surface area contributed by atoms with Crippen molar-refractivity contribution >= 4 is 23.9 Å². The van der Waals surface area contributed by atoms with Crippen LogP contribution < -0.4 is 10.6 Å². The zero-order valence-corrected chi connectivity index (χ0v) is 26.2. The number of alkyl carbamates (subject to hydrolysis) is 1. The van der Waals surface area contributed by atoms with Crippen LogP contribution in [0.2, 0.25) is 0 Å². The normalized spacial score (nSPS) is 13.5. The molecule has 1 aromatic carbocycles. The first-order valence-electron chi connectivity index (χ1n) is 14.4. The van der Waals surface area contributed by atoms with Crippen molar-refractivity contribution in [2.24, 2.45) is 11.8 Å². The second kappa shape index (κ2) is 16.7. The van der Waals surface area contributed by atoms with E-state index >= 15 is 0 Å². The lowest BCUT2D eigenvalue weighted by molar-refractivity contribution is -0.146. The standard InChI is InChI=1S/C32H49N3O6/c1-11-24-15-13-14-16-25(24)28(29(37)33-20-19-26(36)40-12-2)35(23(7)18-17-21(3)4)30(38)27(22(5)6)34-31(39)41-32(8,9)10/h1,13-16,21-23,27-28H,12,17-20H2,2-10H3,(H,33,37)(H,34,39). The molecule has 0 radical (unpaired) electrons. The van der Waals surface area contributed by atoms with Crippen molar-refractivity contribution in [3.63, 3.8) is 0 Å². The zero-order chi connectivity index (χ0) is 31.3. The SMILES string of the molecule is C#Cc1ccccc1C(C(=O)NCCC(=O)OCC)N(C(=O)C(NC(=O)OC(C)(C)C)C(C)C)C(C)CCC(C)C. The predicted octanol–water partition coefficient (Wildman–Crippen LogP) is 4.98. The summed E-state index contributed by atoms with van der Waals surface area (Å²) in [5.74, 6) is 1.33. The fraction of sp³-hybridized carbons (Fsp3) is 0.625. The first-order chi connectivity index (χ1) is 19.1. The molecule has 1 aromatic rings. The number of hydrogen-bond acceptors (Lipinski definition) is 6. The summed E-state index contributed by atoms with van der Waals surface area (Å²) < 4.78 is 10.4. The molecule has 0 aliphatic heterocycles. The van der Waals surface area contributed by atoms with Crippen molar-refractivity contribution in [3.05, 3.63) is 35.4 Å². The molecule has 9 heteroatoms. The van der Waals surface area contributed by atoms with E-state index in [4.69, 9.17) is 15.9 Å².